The molecule has 2 nitrogen and oxygen atoms in total. The van der Waals surface area contributed by atoms with Crippen LogP contribution in [0.2, 0.25) is 0 Å². The normalized spacial score (nSPS) is 14.7. The lowest BCUT2D eigenvalue weighted by Gasteiger charge is -2.01. The minimum Gasteiger partial charge on any atom is -0.283 e. The first kappa shape index (κ1) is 6.28. The molecular weight excluding hydrogens is 138 g/mol. The number of fused-ring (bicyclic) bond motifs is 1. The smallest absolute Gasteiger partial charge is 0.253 e. The molecule has 0 radical (unpaired) electrons. The van der Waals surface area contributed by atoms with E-state index in [0.29, 0.717) is 0 Å². The molecule has 2 rings (SSSR count). The fourth-order valence-corrected chi connectivity index (χ4v) is 1.22. The second-order valence-corrected chi connectivity index (χ2v) is 2.50. The van der Waals surface area contributed by atoms with E-state index < -0.39 is 0 Å². The number of carbonyl (C=O) groups is 1. The Kier molecular flexibility index (Phi) is 1.32. The van der Waals surface area contributed by atoms with Crippen molar-refractivity contribution in [2.45, 2.75) is 6.54 Å². The van der Waals surface area contributed by atoms with E-state index >= 15 is 0 Å². The van der Waals surface area contributed by atoms with Gasteiger partial charge in [-0.15, -0.1) is 0 Å². The van der Waals surface area contributed by atoms with Gasteiger partial charge in [0.1, 0.15) is 0 Å². The lowest BCUT2D eigenvalue weighted by Crippen LogP contribution is -2.41. The molecule has 0 spiro atoms. The highest BCUT2D eigenvalue weighted by Gasteiger charge is 2.17. The van der Waals surface area contributed by atoms with Gasteiger partial charge in [0.2, 0.25) is 5.78 Å². The Morgan fingerprint density at radius 1 is 1.36 bits per heavy atom. The SMILES string of the molecule is O=C1C=CC[n+]2ccccc21. The Balaban J connectivity index is 2.59. The predicted octanol–water partition coefficient (Wildman–Crippen LogP) is 0.727. The Hall–Kier alpha value is -1.44. The van der Waals surface area contributed by atoms with Crippen LogP contribution in [0.25, 0.3) is 0 Å². The van der Waals surface area contributed by atoms with Crippen molar-refractivity contribution in [1.82, 2.24) is 0 Å². The Morgan fingerprint density at radius 2 is 2.27 bits per heavy atom. The highest BCUT2D eigenvalue weighted by molar-refractivity contribution is 6.02. The number of nitrogens with zero attached hydrogens (tertiary/aromatic N) is 1. The summed E-state index contributed by atoms with van der Waals surface area (Å²) < 4.78 is 1.93. The van der Waals surface area contributed by atoms with E-state index in [9.17, 15) is 4.79 Å². The molecule has 1 aliphatic heterocycles. The van der Waals surface area contributed by atoms with E-state index in [2.05, 4.69) is 0 Å². The summed E-state index contributed by atoms with van der Waals surface area (Å²) in [5, 5.41) is 0. The lowest BCUT2D eigenvalue weighted by atomic mass is 10.2. The van der Waals surface area contributed by atoms with Crippen molar-refractivity contribution in [1.29, 1.82) is 0 Å². The van der Waals surface area contributed by atoms with Gasteiger partial charge in [0.25, 0.3) is 5.69 Å². The number of rotatable bonds is 0. The fourth-order valence-electron chi connectivity index (χ4n) is 1.22. The molecule has 54 valence electrons. The summed E-state index contributed by atoms with van der Waals surface area (Å²) in [4.78, 5) is 11.2. The molecule has 1 aromatic rings. The number of pyridine rings is 1. The van der Waals surface area contributed by atoms with Crippen molar-refractivity contribution in [2.75, 3.05) is 0 Å². The van der Waals surface area contributed by atoms with Gasteiger partial charge in [-0.05, 0) is 18.2 Å². The summed E-state index contributed by atoms with van der Waals surface area (Å²) in [6.07, 6.45) is 5.40. The van der Waals surface area contributed by atoms with Crippen LogP contribution in [0.5, 0.6) is 0 Å². The fraction of sp³-hybridized carbons (Fsp3) is 0.111. The van der Waals surface area contributed by atoms with Crippen LogP contribution in [0.4, 0.5) is 0 Å². The average Bonchev–Trinajstić information content (AvgIpc) is 2.06. The van der Waals surface area contributed by atoms with Crippen molar-refractivity contribution in [3.63, 3.8) is 0 Å². The number of ketones is 1. The summed E-state index contributed by atoms with van der Waals surface area (Å²) in [5.74, 6) is 0.0943. The molecule has 0 unspecified atom stereocenters. The molecule has 0 fully saturated rings. The molecule has 11 heavy (non-hydrogen) atoms. The maximum Gasteiger partial charge on any atom is 0.253 e. The summed E-state index contributed by atoms with van der Waals surface area (Å²) in [5.41, 5.74) is 0.773. The molecule has 0 saturated heterocycles. The highest BCUT2D eigenvalue weighted by Crippen LogP contribution is 1.99. The third-order valence-electron chi connectivity index (χ3n) is 1.76. The zero-order valence-electron chi connectivity index (χ0n) is 6.03. The third kappa shape index (κ3) is 0.963. The van der Waals surface area contributed by atoms with Crippen molar-refractivity contribution < 1.29 is 9.36 Å². The van der Waals surface area contributed by atoms with E-state index in [1.807, 2.05) is 35.0 Å². The van der Waals surface area contributed by atoms with Gasteiger partial charge in [-0.25, -0.2) is 0 Å². The molecule has 0 atom stereocenters. The van der Waals surface area contributed by atoms with Gasteiger partial charge in [-0.2, -0.15) is 4.57 Å². The van der Waals surface area contributed by atoms with Gasteiger partial charge in [0, 0.05) is 12.1 Å². The zero-order valence-corrected chi connectivity index (χ0v) is 6.03. The Bertz CT molecular complexity index is 328. The van der Waals surface area contributed by atoms with Crippen LogP contribution in [0, 0.1) is 0 Å². The molecule has 0 aliphatic carbocycles. The van der Waals surface area contributed by atoms with Crippen LogP contribution >= 0.6 is 0 Å². The predicted molar refractivity (Wildman–Crippen MR) is 40.1 cm³/mol. The average molecular weight is 146 g/mol. The van der Waals surface area contributed by atoms with Crippen LogP contribution in [0.1, 0.15) is 10.5 Å². The van der Waals surface area contributed by atoms with Gasteiger partial charge in [-0.3, -0.25) is 4.79 Å². The Morgan fingerprint density at radius 3 is 3.09 bits per heavy atom. The maximum absolute atomic E-state index is 11.2. The highest BCUT2D eigenvalue weighted by atomic mass is 16.1. The minimum absolute atomic E-state index is 0.0943. The molecule has 1 aliphatic rings. The van der Waals surface area contributed by atoms with E-state index in [1.54, 1.807) is 6.08 Å². The number of hydrogen-bond acceptors (Lipinski definition) is 1. The van der Waals surface area contributed by atoms with Crippen LogP contribution < -0.4 is 4.57 Å². The molecule has 0 saturated carbocycles. The first-order chi connectivity index (χ1) is 5.38. The summed E-state index contributed by atoms with van der Waals surface area (Å²) >= 11 is 0. The summed E-state index contributed by atoms with van der Waals surface area (Å²) in [6.45, 7) is 0.807. The van der Waals surface area contributed by atoms with Crippen molar-refractivity contribution >= 4 is 5.78 Å². The summed E-state index contributed by atoms with van der Waals surface area (Å²) in [6, 6.07) is 5.64. The third-order valence-corrected chi connectivity index (χ3v) is 1.76. The van der Waals surface area contributed by atoms with Crippen LogP contribution in [-0.4, -0.2) is 5.78 Å². The minimum atomic E-state index is 0.0943. The van der Waals surface area contributed by atoms with Crippen molar-refractivity contribution in [3.05, 3.63) is 42.2 Å². The largest absolute Gasteiger partial charge is 0.283 e. The first-order valence-electron chi connectivity index (χ1n) is 3.57. The van der Waals surface area contributed by atoms with E-state index in [1.165, 1.54) is 0 Å². The molecule has 0 bridgehead atoms. The van der Waals surface area contributed by atoms with E-state index in [4.69, 9.17) is 0 Å². The number of aromatic nitrogens is 1. The second kappa shape index (κ2) is 2.31. The van der Waals surface area contributed by atoms with E-state index in [0.717, 1.165) is 12.2 Å². The molecule has 1 aromatic heterocycles. The summed E-state index contributed by atoms with van der Waals surface area (Å²) in [7, 11) is 0. The molecule has 0 amide bonds. The molecule has 0 N–H and O–H groups in total. The standard InChI is InChI=1S/C9H8NO/c11-9-5-3-7-10-6-2-1-4-8(9)10/h1-6H,7H2/q+1. The first-order valence-corrected chi connectivity index (χ1v) is 3.57. The topological polar surface area (TPSA) is 20.9 Å². The zero-order chi connectivity index (χ0) is 7.68. The number of allylic oxidation sites excluding steroid dienone is 2. The lowest BCUT2D eigenvalue weighted by molar-refractivity contribution is -0.689. The van der Waals surface area contributed by atoms with Gasteiger partial charge < -0.3 is 0 Å². The monoisotopic (exact) mass is 146 g/mol. The quantitative estimate of drug-likeness (QED) is 0.494. The second-order valence-electron chi connectivity index (χ2n) is 2.50. The van der Waals surface area contributed by atoms with Crippen molar-refractivity contribution in [3.8, 4) is 0 Å². The number of hydrogen-bond donors (Lipinski definition) is 0. The molecular formula is C9H8NO+. The van der Waals surface area contributed by atoms with Gasteiger partial charge in [0.05, 0.1) is 0 Å². The number of carbonyl (C=O) groups excluding carboxylic acids is 1. The van der Waals surface area contributed by atoms with Crippen LogP contribution in [0.15, 0.2) is 36.5 Å². The van der Waals surface area contributed by atoms with Crippen LogP contribution in [-0.2, 0) is 6.54 Å². The maximum atomic E-state index is 11.2. The van der Waals surface area contributed by atoms with Crippen LogP contribution in [0.3, 0.4) is 0 Å². The van der Waals surface area contributed by atoms with Gasteiger partial charge in [0.15, 0.2) is 12.7 Å². The van der Waals surface area contributed by atoms with Crippen molar-refractivity contribution in [2.24, 2.45) is 0 Å². The Labute approximate surface area is 64.8 Å². The molecule has 2 heterocycles. The van der Waals surface area contributed by atoms with Gasteiger partial charge >= 0.3 is 0 Å². The van der Waals surface area contributed by atoms with E-state index in [-0.39, 0.29) is 5.78 Å². The molecule has 2 heteroatoms. The molecule has 0 aromatic carbocycles. The van der Waals surface area contributed by atoms with Gasteiger partial charge in [-0.1, -0.05) is 0 Å².